The number of nitrogens with one attached hydrogen (secondary N) is 1. The molecule has 0 radical (unpaired) electrons. The van der Waals surface area contributed by atoms with Gasteiger partial charge in [0.05, 0.1) is 37.2 Å². The van der Waals surface area contributed by atoms with Gasteiger partial charge in [-0.1, -0.05) is 5.11 Å². The van der Waals surface area contributed by atoms with Gasteiger partial charge in [0, 0.05) is 11.3 Å². The third-order valence-corrected chi connectivity index (χ3v) is 4.19. The van der Waals surface area contributed by atoms with Crippen molar-refractivity contribution in [2.75, 3.05) is 24.3 Å². The summed E-state index contributed by atoms with van der Waals surface area (Å²) in [5.41, 5.74) is 14.8. The molecule has 0 spiro atoms. The van der Waals surface area contributed by atoms with Crippen molar-refractivity contribution in [3.8, 4) is 0 Å². The van der Waals surface area contributed by atoms with E-state index in [9.17, 15) is 10.2 Å². The molecule has 0 aromatic carbocycles. The molecule has 26 heavy (non-hydrogen) atoms. The maximum atomic E-state index is 9.46. The fourth-order valence-corrected chi connectivity index (χ4v) is 2.83. The van der Waals surface area contributed by atoms with Crippen molar-refractivity contribution in [2.24, 2.45) is 5.11 Å². The lowest BCUT2D eigenvalue weighted by Crippen LogP contribution is -2.35. The van der Waals surface area contributed by atoms with Crippen LogP contribution in [0.5, 0.6) is 0 Å². The second kappa shape index (κ2) is 6.92. The van der Waals surface area contributed by atoms with Gasteiger partial charge >= 0.3 is 0 Å². The molecule has 12 nitrogen and oxygen atoms in total. The Hall–Kier alpha value is -2.66. The number of aliphatic hydroxyl groups excluding tert-OH is 2. The van der Waals surface area contributed by atoms with E-state index in [0.29, 0.717) is 23.4 Å². The van der Waals surface area contributed by atoms with E-state index >= 15 is 0 Å². The van der Waals surface area contributed by atoms with E-state index in [2.05, 4.69) is 30.3 Å². The molecule has 3 rings (SSSR count). The normalized spacial score (nSPS) is 23.2. The van der Waals surface area contributed by atoms with Crippen molar-refractivity contribution in [3.63, 3.8) is 0 Å². The number of nitrogen functional groups attached to an aromatic ring is 1. The van der Waals surface area contributed by atoms with Gasteiger partial charge in [-0.3, -0.25) is 4.57 Å². The predicted octanol–water partition coefficient (Wildman–Crippen LogP) is 0.550. The Morgan fingerprint density at radius 3 is 2.92 bits per heavy atom. The van der Waals surface area contributed by atoms with Crippen molar-refractivity contribution in [1.82, 2.24) is 19.5 Å². The highest BCUT2D eigenvalue weighted by atomic mass is 16.5. The van der Waals surface area contributed by atoms with E-state index in [4.69, 9.17) is 16.0 Å². The predicted molar refractivity (Wildman–Crippen MR) is 93.1 cm³/mol. The van der Waals surface area contributed by atoms with Crippen LogP contribution < -0.4 is 11.1 Å². The summed E-state index contributed by atoms with van der Waals surface area (Å²) in [5.74, 6) is 0.437. The van der Waals surface area contributed by atoms with E-state index in [-0.39, 0.29) is 19.2 Å². The number of azide groups is 1. The van der Waals surface area contributed by atoms with E-state index in [1.165, 1.54) is 6.33 Å². The molecule has 2 aromatic heterocycles. The third kappa shape index (κ3) is 3.35. The Bertz CT molecular complexity index is 846. The van der Waals surface area contributed by atoms with Crippen molar-refractivity contribution < 1.29 is 14.9 Å². The summed E-state index contributed by atoms with van der Waals surface area (Å²) in [4.78, 5) is 15.5. The van der Waals surface area contributed by atoms with E-state index < -0.39 is 23.9 Å². The molecular formula is C14H21N9O3. The van der Waals surface area contributed by atoms with Crippen LogP contribution in [-0.2, 0) is 4.74 Å². The van der Waals surface area contributed by atoms with Crippen LogP contribution in [-0.4, -0.2) is 60.6 Å². The van der Waals surface area contributed by atoms with E-state index in [0.717, 1.165) is 0 Å². The zero-order chi connectivity index (χ0) is 18.9. The van der Waals surface area contributed by atoms with Crippen LogP contribution in [0.25, 0.3) is 21.6 Å². The summed E-state index contributed by atoms with van der Waals surface area (Å²) in [6, 6.07) is -0.488. The Kier molecular flexibility index (Phi) is 4.83. The number of fused-ring (bicyclic) bond motifs is 1. The van der Waals surface area contributed by atoms with Crippen LogP contribution >= 0.6 is 0 Å². The summed E-state index contributed by atoms with van der Waals surface area (Å²) >= 11 is 0. The number of anilines is 2. The number of aliphatic hydroxyl groups is 2. The summed E-state index contributed by atoms with van der Waals surface area (Å²) in [6.07, 6.45) is 0.794. The first-order valence-corrected chi connectivity index (χ1v) is 8.08. The van der Waals surface area contributed by atoms with Crippen molar-refractivity contribution >= 4 is 22.9 Å². The van der Waals surface area contributed by atoms with Crippen LogP contribution in [0.1, 0.15) is 26.5 Å². The first-order chi connectivity index (χ1) is 12.4. The Morgan fingerprint density at radius 1 is 1.50 bits per heavy atom. The first-order valence-electron chi connectivity index (χ1n) is 8.08. The second-order valence-electron chi connectivity index (χ2n) is 6.74. The highest BCUT2D eigenvalue weighted by molar-refractivity contribution is 5.84. The molecule has 1 fully saturated rings. The molecule has 2 aromatic rings. The molecule has 1 saturated heterocycles. The summed E-state index contributed by atoms with van der Waals surface area (Å²) in [5, 5.41) is 25.7. The minimum Gasteiger partial charge on any atom is -0.394 e. The number of imidazole rings is 1. The fourth-order valence-electron chi connectivity index (χ4n) is 2.83. The molecule has 0 saturated carbocycles. The number of nitrogens with zero attached hydrogens (tertiary/aromatic N) is 7. The third-order valence-electron chi connectivity index (χ3n) is 4.19. The molecule has 12 heteroatoms. The lowest BCUT2D eigenvalue weighted by atomic mass is 10.1. The van der Waals surface area contributed by atoms with Crippen molar-refractivity contribution in [1.29, 1.82) is 0 Å². The minimum absolute atomic E-state index is 0.0405. The Balaban J connectivity index is 1.99. The summed E-state index contributed by atoms with van der Waals surface area (Å²) in [7, 11) is 0. The average Bonchev–Trinajstić information content (AvgIpc) is 3.18. The molecule has 140 valence electrons. The topological polar surface area (TPSA) is 180 Å². The zero-order valence-corrected chi connectivity index (χ0v) is 14.4. The molecular weight excluding hydrogens is 342 g/mol. The van der Waals surface area contributed by atoms with E-state index in [1.807, 2.05) is 13.8 Å². The molecule has 3 heterocycles. The van der Waals surface area contributed by atoms with Gasteiger partial charge in [0.1, 0.15) is 6.23 Å². The van der Waals surface area contributed by atoms with Gasteiger partial charge in [-0.05, 0) is 19.4 Å². The van der Waals surface area contributed by atoms with Crippen LogP contribution in [0, 0.1) is 0 Å². The summed E-state index contributed by atoms with van der Waals surface area (Å²) in [6.45, 7) is 3.24. The lowest BCUT2D eigenvalue weighted by Gasteiger charge is -2.24. The molecule has 0 aliphatic carbocycles. The van der Waals surface area contributed by atoms with E-state index in [1.54, 1.807) is 4.57 Å². The number of hydrogen-bond donors (Lipinski definition) is 4. The van der Waals surface area contributed by atoms with Crippen LogP contribution in [0.3, 0.4) is 0 Å². The second-order valence-corrected chi connectivity index (χ2v) is 6.74. The average molecular weight is 363 g/mol. The van der Waals surface area contributed by atoms with Crippen molar-refractivity contribution in [2.45, 2.75) is 44.2 Å². The molecule has 0 bridgehead atoms. The molecule has 5 N–H and O–H groups in total. The van der Waals surface area contributed by atoms with Crippen LogP contribution in [0.2, 0.25) is 0 Å². The van der Waals surface area contributed by atoms with Crippen molar-refractivity contribution in [3.05, 3.63) is 16.8 Å². The number of aromatic nitrogens is 4. The number of ether oxygens (including phenoxy) is 1. The number of nitrogens with two attached hydrogens (primary N) is 1. The highest BCUT2D eigenvalue weighted by Crippen LogP contribution is 2.34. The Morgan fingerprint density at radius 2 is 2.27 bits per heavy atom. The van der Waals surface area contributed by atoms with Crippen LogP contribution in [0.4, 0.5) is 11.8 Å². The van der Waals surface area contributed by atoms with Gasteiger partial charge in [-0.2, -0.15) is 9.97 Å². The zero-order valence-electron chi connectivity index (χ0n) is 14.4. The minimum atomic E-state index is -0.629. The maximum Gasteiger partial charge on any atom is 0.224 e. The van der Waals surface area contributed by atoms with Gasteiger partial charge < -0.3 is 26.0 Å². The summed E-state index contributed by atoms with van der Waals surface area (Å²) < 4.78 is 7.44. The maximum absolute atomic E-state index is 9.46. The van der Waals surface area contributed by atoms with Gasteiger partial charge in [0.2, 0.25) is 5.95 Å². The SMILES string of the molecule is CC(C)(CO)Nc1nc(N)nc2c1ncn2[C@H]1CC(N=[N+]=[N-])[C@@H](CO)O1. The van der Waals surface area contributed by atoms with Crippen LogP contribution in [0.15, 0.2) is 11.4 Å². The van der Waals surface area contributed by atoms with Gasteiger partial charge in [-0.25, -0.2) is 4.98 Å². The fraction of sp³-hybridized carbons (Fsp3) is 0.643. The molecule has 3 atom stereocenters. The quantitative estimate of drug-likeness (QED) is 0.326. The smallest absolute Gasteiger partial charge is 0.224 e. The highest BCUT2D eigenvalue weighted by Gasteiger charge is 2.36. The Labute approximate surface area is 148 Å². The molecule has 1 aliphatic heterocycles. The monoisotopic (exact) mass is 363 g/mol. The van der Waals surface area contributed by atoms with Gasteiger partial charge in [-0.15, -0.1) is 0 Å². The lowest BCUT2D eigenvalue weighted by molar-refractivity contribution is -0.0232. The molecule has 0 amide bonds. The number of rotatable bonds is 6. The molecule has 1 aliphatic rings. The van der Waals surface area contributed by atoms with Gasteiger partial charge in [0.25, 0.3) is 0 Å². The molecule has 1 unspecified atom stereocenters. The largest absolute Gasteiger partial charge is 0.394 e. The first kappa shape index (κ1) is 18.1. The number of hydrogen-bond acceptors (Lipinski definition) is 9. The van der Waals surface area contributed by atoms with Gasteiger partial charge in [0.15, 0.2) is 17.0 Å². The standard InChI is InChI=1S/C14H21N9O3/c1-14(2,5-25)20-11-10-12(19-13(15)18-11)23(6-17-10)9-3-7(21-22-16)8(4-24)26-9/h6-9,24-25H,3-5H2,1-2H3,(H3,15,18,19,20)/t7?,8-,9-/m1/s1.